The van der Waals surface area contributed by atoms with E-state index in [4.69, 9.17) is 0 Å². The molecule has 1 N–H and O–H groups in total. The second-order valence-electron chi connectivity index (χ2n) is 4.04. The zero-order valence-electron chi connectivity index (χ0n) is 10.5. The number of anilines is 1. The van der Waals surface area contributed by atoms with E-state index in [9.17, 15) is 14.9 Å². The van der Waals surface area contributed by atoms with Gasteiger partial charge in [-0.25, -0.2) is 4.98 Å². The van der Waals surface area contributed by atoms with Gasteiger partial charge in [0.25, 0.3) is 11.6 Å². The van der Waals surface area contributed by atoms with Gasteiger partial charge in [0.05, 0.1) is 10.5 Å². The number of aromatic nitrogens is 1. The summed E-state index contributed by atoms with van der Waals surface area (Å²) in [5.74, 6) is -0.00601. The van der Waals surface area contributed by atoms with Crippen LogP contribution < -0.4 is 5.32 Å². The summed E-state index contributed by atoms with van der Waals surface area (Å²) in [5, 5.41) is 13.4. The van der Waals surface area contributed by atoms with Gasteiger partial charge < -0.3 is 5.32 Å². The Hall–Kier alpha value is -2.03. The highest BCUT2D eigenvalue weighted by molar-refractivity contribution is 14.1. The first-order valence-electron chi connectivity index (χ1n) is 5.66. The number of carbonyl (C=O) groups is 1. The Labute approximate surface area is 128 Å². The number of pyridine rings is 1. The van der Waals surface area contributed by atoms with Gasteiger partial charge in [-0.3, -0.25) is 14.9 Å². The van der Waals surface area contributed by atoms with Crippen LogP contribution in [0.1, 0.15) is 16.1 Å². The Morgan fingerprint density at radius 3 is 2.75 bits per heavy atom. The summed E-state index contributed by atoms with van der Waals surface area (Å²) in [4.78, 5) is 26.5. The maximum absolute atomic E-state index is 12.1. The molecular formula is C13H10IN3O3. The molecule has 6 nitrogen and oxygen atoms in total. The summed E-state index contributed by atoms with van der Waals surface area (Å²) in [6, 6.07) is 9.41. The second kappa shape index (κ2) is 5.95. The first-order chi connectivity index (χ1) is 9.47. The molecule has 2 aromatic rings. The van der Waals surface area contributed by atoms with E-state index >= 15 is 0 Å². The molecule has 20 heavy (non-hydrogen) atoms. The minimum absolute atomic E-state index is 0.118. The molecule has 1 heterocycles. The second-order valence-corrected chi connectivity index (χ2v) is 5.20. The zero-order valence-corrected chi connectivity index (χ0v) is 12.6. The van der Waals surface area contributed by atoms with Crippen LogP contribution in [-0.2, 0) is 0 Å². The largest absolute Gasteiger partial charge is 0.307 e. The van der Waals surface area contributed by atoms with Gasteiger partial charge in [-0.2, -0.15) is 0 Å². The molecule has 1 aromatic carbocycles. The van der Waals surface area contributed by atoms with Crippen molar-refractivity contribution >= 4 is 40.0 Å². The SMILES string of the molecule is Cc1cccc(NC(=O)c2cc([N+](=O)[O-])ccc2I)n1. The number of aryl methyl sites for hydroxylation is 1. The molecule has 2 rings (SSSR count). The van der Waals surface area contributed by atoms with Crippen molar-refractivity contribution < 1.29 is 9.72 Å². The van der Waals surface area contributed by atoms with Crippen molar-refractivity contribution in [3.63, 3.8) is 0 Å². The van der Waals surface area contributed by atoms with E-state index in [0.29, 0.717) is 9.39 Å². The summed E-state index contributed by atoms with van der Waals surface area (Å²) in [6.07, 6.45) is 0. The lowest BCUT2D eigenvalue weighted by atomic mass is 10.2. The monoisotopic (exact) mass is 383 g/mol. The van der Waals surface area contributed by atoms with Gasteiger partial charge >= 0.3 is 0 Å². The molecule has 1 aromatic heterocycles. The fourth-order valence-corrected chi connectivity index (χ4v) is 2.18. The van der Waals surface area contributed by atoms with Gasteiger partial charge in [0.1, 0.15) is 5.82 Å². The van der Waals surface area contributed by atoms with E-state index in [1.165, 1.54) is 18.2 Å². The van der Waals surface area contributed by atoms with Crippen LogP contribution in [0.3, 0.4) is 0 Å². The molecule has 0 aliphatic carbocycles. The number of hydrogen-bond donors (Lipinski definition) is 1. The van der Waals surface area contributed by atoms with Crippen LogP contribution in [0.15, 0.2) is 36.4 Å². The Kier molecular flexibility index (Phi) is 4.28. The number of nitrogens with zero attached hydrogens (tertiary/aromatic N) is 2. The highest BCUT2D eigenvalue weighted by Crippen LogP contribution is 2.20. The molecule has 0 saturated heterocycles. The van der Waals surface area contributed by atoms with Gasteiger partial charge in [0.2, 0.25) is 0 Å². The number of benzene rings is 1. The third kappa shape index (κ3) is 3.29. The van der Waals surface area contributed by atoms with E-state index in [2.05, 4.69) is 10.3 Å². The van der Waals surface area contributed by atoms with Crippen LogP contribution in [0.2, 0.25) is 0 Å². The Bertz CT molecular complexity index is 688. The van der Waals surface area contributed by atoms with E-state index in [1.807, 2.05) is 35.6 Å². The van der Waals surface area contributed by atoms with E-state index in [-0.39, 0.29) is 11.3 Å². The fourth-order valence-electron chi connectivity index (χ4n) is 1.60. The van der Waals surface area contributed by atoms with Crippen LogP contribution in [0, 0.1) is 20.6 Å². The van der Waals surface area contributed by atoms with Crippen molar-refractivity contribution in [3.05, 3.63) is 61.3 Å². The molecule has 0 saturated carbocycles. The molecule has 7 heteroatoms. The quantitative estimate of drug-likeness (QED) is 0.501. The number of hydrogen-bond acceptors (Lipinski definition) is 4. The normalized spacial score (nSPS) is 10.1. The number of amides is 1. The average Bonchev–Trinajstić information content (AvgIpc) is 2.38. The molecule has 0 aliphatic rings. The maximum Gasteiger partial charge on any atom is 0.270 e. The summed E-state index contributed by atoms with van der Waals surface area (Å²) >= 11 is 1.96. The molecule has 0 fully saturated rings. The fraction of sp³-hybridized carbons (Fsp3) is 0.0769. The minimum atomic E-state index is -0.530. The number of nitrogens with one attached hydrogen (secondary N) is 1. The van der Waals surface area contributed by atoms with E-state index in [0.717, 1.165) is 5.69 Å². The lowest BCUT2D eigenvalue weighted by Crippen LogP contribution is -2.14. The lowest BCUT2D eigenvalue weighted by Gasteiger charge is -2.06. The standard InChI is InChI=1S/C13H10IN3O3/c1-8-3-2-4-12(15-8)16-13(18)10-7-9(17(19)20)5-6-11(10)14/h2-7H,1H3,(H,15,16,18). The minimum Gasteiger partial charge on any atom is -0.307 e. The Morgan fingerprint density at radius 1 is 1.35 bits per heavy atom. The van der Waals surface area contributed by atoms with Crippen molar-refractivity contribution in [2.45, 2.75) is 6.92 Å². The first-order valence-corrected chi connectivity index (χ1v) is 6.74. The van der Waals surface area contributed by atoms with Crippen molar-refractivity contribution in [2.75, 3.05) is 5.32 Å². The molecule has 0 unspecified atom stereocenters. The number of rotatable bonds is 3. The van der Waals surface area contributed by atoms with Crippen LogP contribution in [0.25, 0.3) is 0 Å². The van der Waals surface area contributed by atoms with Gasteiger partial charge in [-0.15, -0.1) is 0 Å². The predicted molar refractivity (Wildman–Crippen MR) is 82.7 cm³/mol. The van der Waals surface area contributed by atoms with Crippen LogP contribution in [-0.4, -0.2) is 15.8 Å². The Morgan fingerprint density at radius 2 is 2.10 bits per heavy atom. The molecule has 0 atom stereocenters. The van der Waals surface area contributed by atoms with Crippen LogP contribution in [0.4, 0.5) is 11.5 Å². The molecular weight excluding hydrogens is 373 g/mol. The summed E-state index contributed by atoms with van der Waals surface area (Å²) in [5.41, 5.74) is 0.910. The van der Waals surface area contributed by atoms with Gasteiger partial charge in [-0.05, 0) is 47.7 Å². The molecule has 1 amide bonds. The number of halogens is 1. The van der Waals surface area contributed by atoms with Crippen molar-refractivity contribution in [2.24, 2.45) is 0 Å². The van der Waals surface area contributed by atoms with Crippen LogP contribution >= 0.6 is 22.6 Å². The van der Waals surface area contributed by atoms with E-state index < -0.39 is 10.8 Å². The highest BCUT2D eigenvalue weighted by atomic mass is 127. The lowest BCUT2D eigenvalue weighted by molar-refractivity contribution is -0.384. The average molecular weight is 383 g/mol. The zero-order chi connectivity index (χ0) is 14.7. The molecule has 102 valence electrons. The molecule has 0 spiro atoms. The van der Waals surface area contributed by atoms with Gasteiger partial charge in [0, 0.05) is 21.4 Å². The van der Waals surface area contributed by atoms with Gasteiger partial charge in [-0.1, -0.05) is 6.07 Å². The van der Waals surface area contributed by atoms with Crippen LogP contribution in [0.5, 0.6) is 0 Å². The summed E-state index contributed by atoms with van der Waals surface area (Å²) in [6.45, 7) is 1.81. The number of carbonyl (C=O) groups excluding carboxylic acids is 1. The smallest absolute Gasteiger partial charge is 0.270 e. The predicted octanol–water partition coefficient (Wildman–Crippen LogP) is 3.16. The van der Waals surface area contributed by atoms with Crippen molar-refractivity contribution in [1.82, 2.24) is 4.98 Å². The highest BCUT2D eigenvalue weighted by Gasteiger charge is 2.15. The molecule has 0 aliphatic heterocycles. The van der Waals surface area contributed by atoms with Crippen molar-refractivity contribution in [3.8, 4) is 0 Å². The maximum atomic E-state index is 12.1. The Balaban J connectivity index is 2.29. The molecule has 0 radical (unpaired) electrons. The third-order valence-corrected chi connectivity index (χ3v) is 3.48. The first kappa shape index (κ1) is 14.4. The topological polar surface area (TPSA) is 85.1 Å². The molecule has 0 bridgehead atoms. The van der Waals surface area contributed by atoms with Gasteiger partial charge in [0.15, 0.2) is 0 Å². The van der Waals surface area contributed by atoms with E-state index in [1.54, 1.807) is 12.1 Å². The number of nitro groups is 1. The number of nitro benzene ring substituents is 1. The number of non-ortho nitro benzene ring substituents is 1. The summed E-state index contributed by atoms with van der Waals surface area (Å²) < 4.78 is 0.637. The summed E-state index contributed by atoms with van der Waals surface area (Å²) in [7, 11) is 0. The third-order valence-electron chi connectivity index (χ3n) is 2.54. The van der Waals surface area contributed by atoms with Crippen molar-refractivity contribution in [1.29, 1.82) is 0 Å².